The van der Waals surface area contributed by atoms with Gasteiger partial charge in [0.1, 0.15) is 6.29 Å². The number of benzene rings is 1. The lowest BCUT2D eigenvalue weighted by atomic mass is 9.98. The number of aliphatic carboxylic acids is 1. The highest BCUT2D eigenvalue weighted by molar-refractivity contribution is 5.82. The van der Waals surface area contributed by atoms with Gasteiger partial charge in [0.2, 0.25) is 0 Å². The maximum absolute atomic E-state index is 12.6. The summed E-state index contributed by atoms with van der Waals surface area (Å²) in [4.78, 5) is 21.2. The van der Waals surface area contributed by atoms with Crippen LogP contribution in [0.3, 0.4) is 0 Å². The molecule has 6 heteroatoms. The first-order valence-corrected chi connectivity index (χ1v) is 4.51. The number of carboxylic acids is 1. The molecule has 0 amide bonds. The van der Waals surface area contributed by atoms with Gasteiger partial charge in [-0.25, -0.2) is 8.78 Å². The van der Waals surface area contributed by atoms with E-state index in [1.54, 1.807) is 6.07 Å². The second-order valence-corrected chi connectivity index (χ2v) is 3.24. The minimum Gasteiger partial charge on any atom is -0.481 e. The van der Waals surface area contributed by atoms with Crippen LogP contribution in [0.15, 0.2) is 12.1 Å². The summed E-state index contributed by atoms with van der Waals surface area (Å²) in [7, 11) is 0. The van der Waals surface area contributed by atoms with E-state index in [0.29, 0.717) is 6.29 Å². The molecule has 0 fully saturated rings. The predicted octanol–water partition coefficient (Wildman–Crippen LogP) is 1.94. The van der Waals surface area contributed by atoms with Gasteiger partial charge in [-0.2, -0.15) is 5.26 Å². The third kappa shape index (κ3) is 2.84. The lowest BCUT2D eigenvalue weighted by Gasteiger charge is -2.08. The van der Waals surface area contributed by atoms with Crippen molar-refractivity contribution in [3.63, 3.8) is 0 Å². The van der Waals surface area contributed by atoms with Gasteiger partial charge in [-0.15, -0.1) is 0 Å². The Bertz CT molecular complexity index is 506. The number of hydrogen-bond acceptors (Lipinski definition) is 3. The molecule has 0 heterocycles. The van der Waals surface area contributed by atoms with Gasteiger partial charge in [0, 0.05) is 11.1 Å². The summed E-state index contributed by atoms with van der Waals surface area (Å²) in [5.74, 6) is -1.24. The molecule has 1 N–H and O–H groups in total. The molecule has 0 radical (unpaired) electrons. The molecule has 0 aliphatic rings. The fourth-order valence-corrected chi connectivity index (χ4v) is 1.38. The molecule has 4 nitrogen and oxygen atoms in total. The van der Waals surface area contributed by atoms with E-state index in [0.717, 1.165) is 12.1 Å². The quantitative estimate of drug-likeness (QED) is 0.814. The van der Waals surface area contributed by atoms with Crippen molar-refractivity contribution in [1.29, 1.82) is 5.26 Å². The Morgan fingerprint density at radius 1 is 1.53 bits per heavy atom. The first kappa shape index (κ1) is 12.8. The molecule has 0 atom stereocenters. The van der Waals surface area contributed by atoms with Gasteiger partial charge >= 0.3 is 5.97 Å². The summed E-state index contributed by atoms with van der Waals surface area (Å²) in [6, 6.07) is 3.41. The molecule has 1 rings (SSSR count). The fourth-order valence-electron chi connectivity index (χ4n) is 1.38. The van der Waals surface area contributed by atoms with Crippen LogP contribution in [-0.4, -0.2) is 17.4 Å². The predicted molar refractivity (Wildman–Crippen MR) is 52.8 cm³/mol. The van der Waals surface area contributed by atoms with Crippen LogP contribution in [0.2, 0.25) is 0 Å². The number of carbonyl (C=O) groups excluding carboxylic acids is 1. The van der Waals surface area contributed by atoms with E-state index in [-0.39, 0.29) is 16.7 Å². The van der Waals surface area contributed by atoms with Gasteiger partial charge in [0.25, 0.3) is 6.43 Å². The number of rotatable bonds is 4. The van der Waals surface area contributed by atoms with Gasteiger partial charge < -0.3 is 5.11 Å². The summed E-state index contributed by atoms with van der Waals surface area (Å²) in [6.07, 6.45) is -3.09. The Labute approximate surface area is 95.1 Å². The summed E-state index contributed by atoms with van der Waals surface area (Å²) >= 11 is 0. The van der Waals surface area contributed by atoms with Gasteiger partial charge in [0.05, 0.1) is 18.1 Å². The molecule has 0 saturated carbocycles. The molecule has 0 aliphatic heterocycles. The minimum absolute atomic E-state index is 0.0261. The minimum atomic E-state index is -2.89. The molecule has 1 aromatic carbocycles. The zero-order valence-electron chi connectivity index (χ0n) is 8.48. The number of aldehydes is 1. The lowest BCUT2D eigenvalue weighted by molar-refractivity contribution is -0.136. The molecule has 0 saturated heterocycles. The van der Waals surface area contributed by atoms with E-state index in [9.17, 15) is 18.4 Å². The molecule has 0 bridgehead atoms. The number of hydrogen-bond donors (Lipinski definition) is 1. The Hall–Kier alpha value is -2.29. The number of nitriles is 1. The highest BCUT2D eigenvalue weighted by Gasteiger charge is 2.17. The molecule has 0 aliphatic carbocycles. The monoisotopic (exact) mass is 239 g/mol. The van der Waals surface area contributed by atoms with E-state index in [2.05, 4.69) is 0 Å². The number of halogens is 2. The Balaban J connectivity index is 3.39. The van der Waals surface area contributed by atoms with Crippen molar-refractivity contribution in [3.05, 3.63) is 34.4 Å². The first-order valence-electron chi connectivity index (χ1n) is 4.51. The molecule has 0 unspecified atom stereocenters. The van der Waals surface area contributed by atoms with Crippen molar-refractivity contribution in [2.75, 3.05) is 0 Å². The Kier molecular flexibility index (Phi) is 3.88. The molecule has 0 spiro atoms. The van der Waals surface area contributed by atoms with Crippen LogP contribution in [0.1, 0.15) is 33.5 Å². The van der Waals surface area contributed by atoms with Gasteiger partial charge in [-0.05, 0) is 17.7 Å². The van der Waals surface area contributed by atoms with Crippen molar-refractivity contribution in [2.45, 2.75) is 12.8 Å². The third-order valence-electron chi connectivity index (χ3n) is 2.14. The Morgan fingerprint density at radius 2 is 2.18 bits per heavy atom. The van der Waals surface area contributed by atoms with E-state index in [1.165, 1.54) is 0 Å². The number of carboxylic acid groups (broad SMARTS) is 1. The first-order chi connectivity index (χ1) is 7.99. The zero-order valence-corrected chi connectivity index (χ0v) is 8.48. The summed E-state index contributed by atoms with van der Waals surface area (Å²) in [5, 5.41) is 17.2. The average Bonchev–Trinajstić information content (AvgIpc) is 2.27. The van der Waals surface area contributed by atoms with Crippen LogP contribution in [0, 0.1) is 11.3 Å². The topological polar surface area (TPSA) is 78.2 Å². The van der Waals surface area contributed by atoms with E-state index >= 15 is 0 Å². The van der Waals surface area contributed by atoms with Crippen LogP contribution in [0.4, 0.5) is 8.78 Å². The van der Waals surface area contributed by atoms with Crippen molar-refractivity contribution in [3.8, 4) is 6.07 Å². The Morgan fingerprint density at radius 3 is 2.59 bits per heavy atom. The lowest BCUT2D eigenvalue weighted by Crippen LogP contribution is -2.06. The molecular formula is C11H7F2NO3. The van der Waals surface area contributed by atoms with E-state index < -0.39 is 24.4 Å². The smallest absolute Gasteiger partial charge is 0.307 e. The molecule has 1 aromatic rings. The number of nitrogens with zero attached hydrogens (tertiary/aromatic N) is 1. The van der Waals surface area contributed by atoms with Crippen molar-refractivity contribution in [2.24, 2.45) is 0 Å². The van der Waals surface area contributed by atoms with Crippen LogP contribution >= 0.6 is 0 Å². The van der Waals surface area contributed by atoms with Crippen molar-refractivity contribution >= 4 is 12.3 Å². The SMILES string of the molecule is N#Cc1cc(C=O)c(CC(=O)O)cc1C(F)F. The highest BCUT2D eigenvalue weighted by atomic mass is 19.3. The zero-order chi connectivity index (χ0) is 13.0. The van der Waals surface area contributed by atoms with Crippen LogP contribution in [0.25, 0.3) is 0 Å². The summed E-state index contributed by atoms with van der Waals surface area (Å²) in [5.41, 5.74) is -0.972. The summed E-state index contributed by atoms with van der Waals surface area (Å²) < 4.78 is 25.2. The van der Waals surface area contributed by atoms with Crippen molar-refractivity contribution < 1.29 is 23.5 Å². The van der Waals surface area contributed by atoms with Crippen LogP contribution in [0.5, 0.6) is 0 Å². The van der Waals surface area contributed by atoms with E-state index in [1.807, 2.05) is 0 Å². The molecule has 88 valence electrons. The van der Waals surface area contributed by atoms with Gasteiger partial charge in [0.15, 0.2) is 0 Å². The third-order valence-corrected chi connectivity index (χ3v) is 2.14. The second-order valence-electron chi connectivity index (χ2n) is 3.24. The largest absolute Gasteiger partial charge is 0.481 e. The number of alkyl halides is 2. The number of carbonyl (C=O) groups is 2. The highest BCUT2D eigenvalue weighted by Crippen LogP contribution is 2.25. The normalized spacial score (nSPS) is 10.0. The fraction of sp³-hybridized carbons (Fsp3) is 0.182. The standard InChI is InChI=1S/C11H7F2NO3/c12-11(13)9-2-6(3-10(16)17)8(5-15)1-7(9)4-14/h1-2,5,11H,3H2,(H,16,17). The molecule has 0 aromatic heterocycles. The van der Waals surface area contributed by atoms with Gasteiger partial charge in [-0.1, -0.05) is 0 Å². The van der Waals surface area contributed by atoms with E-state index in [4.69, 9.17) is 10.4 Å². The van der Waals surface area contributed by atoms with Crippen molar-refractivity contribution in [1.82, 2.24) is 0 Å². The summed E-state index contributed by atoms with van der Waals surface area (Å²) in [6.45, 7) is 0. The second kappa shape index (κ2) is 5.16. The average molecular weight is 239 g/mol. The van der Waals surface area contributed by atoms with Gasteiger partial charge in [-0.3, -0.25) is 9.59 Å². The maximum Gasteiger partial charge on any atom is 0.307 e. The van der Waals surface area contributed by atoms with Crippen LogP contribution in [-0.2, 0) is 11.2 Å². The molecular weight excluding hydrogens is 232 g/mol. The molecule has 17 heavy (non-hydrogen) atoms. The maximum atomic E-state index is 12.6. The van der Waals surface area contributed by atoms with Crippen LogP contribution < -0.4 is 0 Å².